The Bertz CT molecular complexity index is 422. The van der Waals surface area contributed by atoms with Gasteiger partial charge in [0.2, 0.25) is 5.91 Å². The molecule has 1 aliphatic rings. The van der Waals surface area contributed by atoms with E-state index in [2.05, 4.69) is 29.6 Å². The van der Waals surface area contributed by atoms with E-state index in [4.69, 9.17) is 0 Å². The SMILES string of the molecule is CC(C)(C)C(=O)N1CCNC(Cc2ccccc2)C1. The molecule has 0 radical (unpaired) electrons. The Morgan fingerprint density at radius 3 is 2.63 bits per heavy atom. The van der Waals surface area contributed by atoms with E-state index < -0.39 is 0 Å². The molecule has 1 saturated heterocycles. The summed E-state index contributed by atoms with van der Waals surface area (Å²) in [4.78, 5) is 14.3. The Labute approximate surface area is 116 Å². The van der Waals surface area contributed by atoms with Crippen molar-refractivity contribution in [3.63, 3.8) is 0 Å². The molecule has 3 nitrogen and oxygen atoms in total. The smallest absolute Gasteiger partial charge is 0.228 e. The average Bonchev–Trinajstić information content (AvgIpc) is 2.38. The molecule has 1 N–H and O–H groups in total. The van der Waals surface area contributed by atoms with Gasteiger partial charge in [0.25, 0.3) is 0 Å². The minimum Gasteiger partial charge on any atom is -0.339 e. The van der Waals surface area contributed by atoms with Gasteiger partial charge in [-0.1, -0.05) is 51.1 Å². The van der Waals surface area contributed by atoms with Crippen LogP contribution < -0.4 is 5.32 Å². The zero-order chi connectivity index (χ0) is 13.9. The molecule has 1 aliphatic heterocycles. The highest BCUT2D eigenvalue weighted by Gasteiger charge is 2.30. The summed E-state index contributed by atoms with van der Waals surface area (Å²) in [5.41, 5.74) is 1.04. The van der Waals surface area contributed by atoms with Gasteiger partial charge < -0.3 is 10.2 Å². The molecule has 3 heteroatoms. The molecule has 1 fully saturated rings. The number of carbonyl (C=O) groups excluding carboxylic acids is 1. The fourth-order valence-electron chi connectivity index (χ4n) is 2.52. The number of carbonyl (C=O) groups is 1. The zero-order valence-corrected chi connectivity index (χ0v) is 12.1. The lowest BCUT2D eigenvalue weighted by molar-refractivity contribution is -0.140. The van der Waals surface area contributed by atoms with Crippen LogP contribution in [0.3, 0.4) is 0 Å². The van der Waals surface area contributed by atoms with Crippen LogP contribution in [-0.4, -0.2) is 36.5 Å². The summed E-state index contributed by atoms with van der Waals surface area (Å²) in [5.74, 6) is 0.257. The van der Waals surface area contributed by atoms with E-state index in [1.54, 1.807) is 0 Å². The van der Waals surface area contributed by atoms with Gasteiger partial charge in [-0.3, -0.25) is 4.79 Å². The van der Waals surface area contributed by atoms with E-state index in [1.807, 2.05) is 31.7 Å². The van der Waals surface area contributed by atoms with Crippen LogP contribution in [0.15, 0.2) is 30.3 Å². The van der Waals surface area contributed by atoms with Crippen molar-refractivity contribution in [1.29, 1.82) is 0 Å². The van der Waals surface area contributed by atoms with Gasteiger partial charge in [0, 0.05) is 31.1 Å². The van der Waals surface area contributed by atoms with Crippen LogP contribution in [0.1, 0.15) is 26.3 Å². The number of rotatable bonds is 2. The Morgan fingerprint density at radius 1 is 1.32 bits per heavy atom. The number of piperazine rings is 1. The van der Waals surface area contributed by atoms with Crippen molar-refractivity contribution in [1.82, 2.24) is 10.2 Å². The molecule has 0 aliphatic carbocycles. The lowest BCUT2D eigenvalue weighted by Crippen LogP contribution is -2.55. The van der Waals surface area contributed by atoms with Gasteiger partial charge in [-0.15, -0.1) is 0 Å². The Hall–Kier alpha value is -1.35. The van der Waals surface area contributed by atoms with Crippen molar-refractivity contribution < 1.29 is 4.79 Å². The minimum atomic E-state index is -0.283. The predicted octanol–water partition coefficient (Wildman–Crippen LogP) is 2.08. The summed E-state index contributed by atoms with van der Waals surface area (Å²) in [5, 5.41) is 3.51. The Morgan fingerprint density at radius 2 is 2.00 bits per heavy atom. The molecular weight excluding hydrogens is 236 g/mol. The molecule has 0 saturated carbocycles. The van der Waals surface area contributed by atoms with Crippen LogP contribution >= 0.6 is 0 Å². The first-order valence-electron chi connectivity index (χ1n) is 7.03. The van der Waals surface area contributed by atoms with Gasteiger partial charge in [0.15, 0.2) is 0 Å². The average molecular weight is 260 g/mol. The lowest BCUT2D eigenvalue weighted by Gasteiger charge is -2.37. The fourth-order valence-corrected chi connectivity index (χ4v) is 2.52. The molecule has 1 atom stereocenters. The molecule has 1 aromatic carbocycles. The topological polar surface area (TPSA) is 32.3 Å². The number of nitrogens with one attached hydrogen (secondary N) is 1. The van der Waals surface area contributed by atoms with E-state index in [9.17, 15) is 4.79 Å². The van der Waals surface area contributed by atoms with Gasteiger partial charge in [-0.2, -0.15) is 0 Å². The van der Waals surface area contributed by atoms with Crippen molar-refractivity contribution in [3.05, 3.63) is 35.9 Å². The van der Waals surface area contributed by atoms with Crippen LogP contribution in [-0.2, 0) is 11.2 Å². The van der Waals surface area contributed by atoms with Gasteiger partial charge >= 0.3 is 0 Å². The molecule has 1 heterocycles. The van der Waals surface area contributed by atoms with Crippen LogP contribution in [0.2, 0.25) is 0 Å². The molecule has 1 unspecified atom stereocenters. The van der Waals surface area contributed by atoms with Crippen molar-refractivity contribution >= 4 is 5.91 Å². The lowest BCUT2D eigenvalue weighted by atomic mass is 9.93. The molecule has 104 valence electrons. The molecule has 0 bridgehead atoms. The summed E-state index contributed by atoms with van der Waals surface area (Å²) in [6, 6.07) is 10.8. The van der Waals surface area contributed by atoms with Crippen molar-refractivity contribution in [2.24, 2.45) is 5.41 Å². The maximum atomic E-state index is 12.3. The molecule has 1 aromatic rings. The molecular formula is C16H24N2O. The second kappa shape index (κ2) is 5.74. The third-order valence-corrected chi connectivity index (χ3v) is 3.51. The zero-order valence-electron chi connectivity index (χ0n) is 12.1. The summed E-state index contributed by atoms with van der Waals surface area (Å²) in [6.45, 7) is 8.49. The normalized spacial score (nSPS) is 20.4. The van der Waals surface area contributed by atoms with Crippen LogP contribution in [0.25, 0.3) is 0 Å². The van der Waals surface area contributed by atoms with Gasteiger partial charge in [-0.05, 0) is 12.0 Å². The summed E-state index contributed by atoms with van der Waals surface area (Å²) in [7, 11) is 0. The second-order valence-corrected chi connectivity index (χ2v) is 6.34. The summed E-state index contributed by atoms with van der Waals surface area (Å²) in [6.07, 6.45) is 0.981. The van der Waals surface area contributed by atoms with E-state index in [-0.39, 0.29) is 11.3 Å². The van der Waals surface area contributed by atoms with E-state index in [0.717, 1.165) is 26.1 Å². The van der Waals surface area contributed by atoms with Gasteiger partial charge in [0.1, 0.15) is 0 Å². The predicted molar refractivity (Wildman–Crippen MR) is 78.0 cm³/mol. The third-order valence-electron chi connectivity index (χ3n) is 3.51. The highest BCUT2D eigenvalue weighted by Crippen LogP contribution is 2.19. The highest BCUT2D eigenvalue weighted by atomic mass is 16.2. The van der Waals surface area contributed by atoms with Crippen molar-refractivity contribution in [2.45, 2.75) is 33.2 Å². The van der Waals surface area contributed by atoms with Gasteiger partial charge in [-0.25, -0.2) is 0 Å². The van der Waals surface area contributed by atoms with Crippen molar-refractivity contribution in [2.75, 3.05) is 19.6 Å². The first kappa shape index (κ1) is 14.1. The number of amides is 1. The van der Waals surface area contributed by atoms with Gasteiger partial charge in [0.05, 0.1) is 0 Å². The number of nitrogens with zero attached hydrogens (tertiary/aromatic N) is 1. The maximum Gasteiger partial charge on any atom is 0.228 e. The first-order chi connectivity index (χ1) is 8.97. The van der Waals surface area contributed by atoms with Crippen LogP contribution in [0.4, 0.5) is 0 Å². The summed E-state index contributed by atoms with van der Waals surface area (Å²) < 4.78 is 0. The maximum absolute atomic E-state index is 12.3. The quantitative estimate of drug-likeness (QED) is 0.883. The van der Waals surface area contributed by atoms with E-state index >= 15 is 0 Å². The van der Waals surface area contributed by atoms with Crippen LogP contribution in [0.5, 0.6) is 0 Å². The van der Waals surface area contributed by atoms with E-state index in [1.165, 1.54) is 5.56 Å². The number of benzene rings is 1. The molecule has 2 rings (SSSR count). The number of hydrogen-bond donors (Lipinski definition) is 1. The van der Waals surface area contributed by atoms with E-state index in [0.29, 0.717) is 6.04 Å². The first-order valence-corrected chi connectivity index (χ1v) is 7.03. The molecule has 0 aromatic heterocycles. The highest BCUT2D eigenvalue weighted by molar-refractivity contribution is 5.81. The molecule has 0 spiro atoms. The number of hydrogen-bond acceptors (Lipinski definition) is 2. The molecule has 19 heavy (non-hydrogen) atoms. The fraction of sp³-hybridized carbons (Fsp3) is 0.562. The summed E-state index contributed by atoms with van der Waals surface area (Å²) >= 11 is 0. The van der Waals surface area contributed by atoms with Crippen LogP contribution in [0, 0.1) is 5.41 Å². The third kappa shape index (κ3) is 3.80. The molecule has 1 amide bonds. The Balaban J connectivity index is 1.96. The monoisotopic (exact) mass is 260 g/mol. The second-order valence-electron chi connectivity index (χ2n) is 6.34. The minimum absolute atomic E-state index is 0.257. The van der Waals surface area contributed by atoms with Crippen molar-refractivity contribution in [3.8, 4) is 0 Å². The Kier molecular flexibility index (Phi) is 4.25. The largest absolute Gasteiger partial charge is 0.339 e. The standard InChI is InChI=1S/C16H24N2O/c1-16(2,3)15(19)18-10-9-17-14(12-18)11-13-7-5-4-6-8-13/h4-8,14,17H,9-12H2,1-3H3.